The molecule has 7 heteroatoms. The predicted octanol–water partition coefficient (Wildman–Crippen LogP) is 0.764. The molecule has 0 saturated carbocycles. The van der Waals surface area contributed by atoms with E-state index in [1.165, 1.54) is 4.57 Å². The summed E-state index contributed by atoms with van der Waals surface area (Å²) >= 11 is 0. The average molecular weight is 314 g/mol. The molecule has 118 valence electrons. The molecule has 0 radical (unpaired) electrons. The van der Waals surface area contributed by atoms with Crippen molar-refractivity contribution < 1.29 is 14.1 Å². The summed E-state index contributed by atoms with van der Waals surface area (Å²) in [7, 11) is -0.905. The van der Waals surface area contributed by atoms with Gasteiger partial charge in [-0.25, -0.2) is 4.79 Å². The summed E-state index contributed by atoms with van der Waals surface area (Å²) in [5, 5.41) is 9.06. The number of hydrogen-bond acceptors (Lipinski definition) is 4. The predicted molar refractivity (Wildman–Crippen MR) is 82.1 cm³/mol. The van der Waals surface area contributed by atoms with Gasteiger partial charge in [-0.2, -0.15) is 4.98 Å². The van der Waals surface area contributed by atoms with Crippen LogP contribution in [0.4, 0.5) is 0 Å². The van der Waals surface area contributed by atoms with E-state index in [2.05, 4.69) is 4.98 Å². The fourth-order valence-corrected chi connectivity index (χ4v) is 2.93. The lowest BCUT2D eigenvalue weighted by Gasteiger charge is -2.17. The zero-order chi connectivity index (χ0) is 16.0. The second-order valence-electron chi connectivity index (χ2n) is 4.83. The van der Waals surface area contributed by atoms with E-state index in [-0.39, 0.29) is 12.1 Å². The van der Waals surface area contributed by atoms with Crippen molar-refractivity contribution in [2.75, 3.05) is 12.0 Å². The number of carboxylic acid groups (broad SMARTS) is 1. The van der Waals surface area contributed by atoms with Gasteiger partial charge in [0.1, 0.15) is 0 Å². The molecule has 1 atom stereocenters. The fraction of sp³-hybridized carbons (Fsp3) is 0.643. The molecule has 1 heterocycles. The number of aromatic nitrogens is 2. The molecule has 6 nitrogen and oxygen atoms in total. The van der Waals surface area contributed by atoms with Gasteiger partial charge in [0.05, 0.1) is 12.1 Å². The molecule has 0 aliphatic carbocycles. The highest BCUT2D eigenvalue weighted by molar-refractivity contribution is 7.84. The van der Waals surface area contributed by atoms with E-state index in [0.29, 0.717) is 42.8 Å². The van der Waals surface area contributed by atoms with E-state index in [1.807, 2.05) is 13.8 Å². The molecule has 0 bridgehead atoms. The monoisotopic (exact) mass is 314 g/mol. The van der Waals surface area contributed by atoms with Crippen molar-refractivity contribution in [3.8, 4) is 0 Å². The van der Waals surface area contributed by atoms with Gasteiger partial charge in [0.2, 0.25) is 0 Å². The summed E-state index contributed by atoms with van der Waals surface area (Å²) in [5.41, 5.74) is 1.59. The quantitative estimate of drug-likeness (QED) is 0.765. The number of carboxylic acids is 1. The molecule has 0 aromatic carbocycles. The molecule has 0 aliphatic rings. The van der Waals surface area contributed by atoms with Gasteiger partial charge in [-0.05, 0) is 19.3 Å². The summed E-state index contributed by atoms with van der Waals surface area (Å²) in [4.78, 5) is 27.2. The Bertz CT molecular complexity index is 595. The lowest BCUT2D eigenvalue weighted by Crippen LogP contribution is -2.30. The Morgan fingerprint density at radius 2 is 2.00 bits per heavy atom. The molecule has 0 fully saturated rings. The van der Waals surface area contributed by atoms with Crippen molar-refractivity contribution in [2.45, 2.75) is 46.1 Å². The number of rotatable bonds is 8. The SMILES string of the molecule is CCc1nc(=O)n(CCCS(C)=O)c(CC)c1CC(=O)O. The van der Waals surface area contributed by atoms with Crippen LogP contribution in [0.15, 0.2) is 4.79 Å². The first-order valence-corrected chi connectivity index (χ1v) is 8.76. The van der Waals surface area contributed by atoms with Crippen LogP contribution in [0.5, 0.6) is 0 Å². The Morgan fingerprint density at radius 3 is 2.48 bits per heavy atom. The molecular formula is C14H22N2O4S. The average Bonchev–Trinajstić information content (AvgIpc) is 2.40. The van der Waals surface area contributed by atoms with Crippen molar-refractivity contribution in [3.05, 3.63) is 27.4 Å². The van der Waals surface area contributed by atoms with Crippen LogP contribution in [-0.2, 0) is 41.4 Å². The van der Waals surface area contributed by atoms with Crippen LogP contribution < -0.4 is 5.69 Å². The van der Waals surface area contributed by atoms with Gasteiger partial charge in [-0.3, -0.25) is 13.6 Å². The van der Waals surface area contributed by atoms with Crippen LogP contribution in [0, 0.1) is 0 Å². The first-order chi connectivity index (χ1) is 9.90. The lowest BCUT2D eigenvalue weighted by molar-refractivity contribution is -0.136. The first kappa shape index (κ1) is 17.6. The lowest BCUT2D eigenvalue weighted by atomic mass is 10.0. The number of aryl methyl sites for hydroxylation is 1. The molecular weight excluding hydrogens is 292 g/mol. The third-order valence-corrected chi connectivity index (χ3v) is 4.16. The van der Waals surface area contributed by atoms with Gasteiger partial charge in [0.15, 0.2) is 0 Å². The minimum absolute atomic E-state index is 0.126. The Labute approximate surface area is 126 Å². The van der Waals surface area contributed by atoms with Gasteiger partial charge in [0, 0.05) is 40.6 Å². The van der Waals surface area contributed by atoms with E-state index in [4.69, 9.17) is 5.11 Å². The third kappa shape index (κ3) is 4.77. The molecule has 1 aromatic rings. The maximum atomic E-state index is 12.1. The maximum absolute atomic E-state index is 12.1. The highest BCUT2D eigenvalue weighted by Gasteiger charge is 2.17. The second kappa shape index (κ2) is 8.07. The van der Waals surface area contributed by atoms with Crippen LogP contribution >= 0.6 is 0 Å². The van der Waals surface area contributed by atoms with Crippen LogP contribution in [0.25, 0.3) is 0 Å². The zero-order valence-corrected chi connectivity index (χ0v) is 13.5. The van der Waals surface area contributed by atoms with E-state index in [9.17, 15) is 13.8 Å². The largest absolute Gasteiger partial charge is 0.481 e. The molecule has 1 rings (SSSR count). The van der Waals surface area contributed by atoms with Crippen molar-refractivity contribution in [3.63, 3.8) is 0 Å². The van der Waals surface area contributed by atoms with Gasteiger partial charge in [0.25, 0.3) is 0 Å². The number of aliphatic carboxylic acids is 1. The summed E-state index contributed by atoms with van der Waals surface area (Å²) in [5.74, 6) is -0.416. The molecule has 0 saturated heterocycles. The summed E-state index contributed by atoms with van der Waals surface area (Å²) < 4.78 is 12.6. The second-order valence-corrected chi connectivity index (χ2v) is 6.38. The normalized spacial score (nSPS) is 12.3. The molecule has 0 spiro atoms. The van der Waals surface area contributed by atoms with E-state index < -0.39 is 16.8 Å². The Balaban J connectivity index is 3.25. The highest BCUT2D eigenvalue weighted by atomic mass is 32.2. The minimum Gasteiger partial charge on any atom is -0.481 e. The number of carbonyl (C=O) groups is 1. The Morgan fingerprint density at radius 1 is 1.33 bits per heavy atom. The van der Waals surface area contributed by atoms with Gasteiger partial charge >= 0.3 is 11.7 Å². The third-order valence-electron chi connectivity index (χ3n) is 3.30. The summed E-state index contributed by atoms with van der Waals surface area (Å²) in [6, 6.07) is 0. The van der Waals surface area contributed by atoms with Gasteiger partial charge in [-0.15, -0.1) is 0 Å². The van der Waals surface area contributed by atoms with Crippen LogP contribution in [0.3, 0.4) is 0 Å². The zero-order valence-electron chi connectivity index (χ0n) is 12.7. The summed E-state index contributed by atoms with van der Waals surface area (Å²) in [6.07, 6.45) is 3.21. The molecule has 1 N–H and O–H groups in total. The van der Waals surface area contributed by atoms with Gasteiger partial charge in [-0.1, -0.05) is 13.8 Å². The van der Waals surface area contributed by atoms with Crippen LogP contribution in [0.2, 0.25) is 0 Å². The molecule has 0 amide bonds. The molecule has 0 aliphatic heterocycles. The van der Waals surface area contributed by atoms with Crippen molar-refractivity contribution >= 4 is 16.8 Å². The van der Waals surface area contributed by atoms with Crippen molar-refractivity contribution in [1.29, 1.82) is 0 Å². The Hall–Kier alpha value is -1.50. The summed E-state index contributed by atoms with van der Waals surface area (Å²) in [6.45, 7) is 4.18. The molecule has 1 aromatic heterocycles. The first-order valence-electron chi connectivity index (χ1n) is 7.03. The van der Waals surface area contributed by atoms with Gasteiger partial charge < -0.3 is 5.11 Å². The number of nitrogens with zero attached hydrogens (tertiary/aromatic N) is 2. The van der Waals surface area contributed by atoms with E-state index in [0.717, 1.165) is 5.69 Å². The van der Waals surface area contributed by atoms with Crippen molar-refractivity contribution in [2.24, 2.45) is 0 Å². The standard InChI is InChI=1S/C14H22N2O4S/c1-4-11-10(9-13(17)18)12(5-2)16(14(19)15-11)7-6-8-21(3)20/h4-9H2,1-3H3,(H,17,18). The molecule has 21 heavy (non-hydrogen) atoms. The smallest absolute Gasteiger partial charge is 0.347 e. The van der Waals surface area contributed by atoms with Crippen LogP contribution in [-0.4, -0.2) is 36.8 Å². The van der Waals surface area contributed by atoms with Crippen molar-refractivity contribution in [1.82, 2.24) is 9.55 Å². The Kier molecular flexibility index (Phi) is 6.74. The molecule has 1 unspecified atom stereocenters. The topological polar surface area (TPSA) is 89.3 Å². The van der Waals surface area contributed by atoms with E-state index >= 15 is 0 Å². The fourth-order valence-electron chi connectivity index (χ4n) is 2.40. The number of hydrogen-bond donors (Lipinski definition) is 1. The highest BCUT2D eigenvalue weighted by Crippen LogP contribution is 2.14. The van der Waals surface area contributed by atoms with E-state index in [1.54, 1.807) is 6.26 Å². The van der Waals surface area contributed by atoms with Crippen LogP contribution in [0.1, 0.15) is 37.2 Å². The minimum atomic E-state index is -0.930. The maximum Gasteiger partial charge on any atom is 0.347 e.